The van der Waals surface area contributed by atoms with Gasteiger partial charge in [-0.05, 0) is 231 Å². The van der Waals surface area contributed by atoms with Crippen LogP contribution in [0.1, 0.15) is 231 Å². The molecule has 2 aromatic rings. The number of rotatable bonds is 63. The molecule has 0 aliphatic carbocycles. The van der Waals surface area contributed by atoms with E-state index in [0.717, 1.165) is 10.9 Å². The molecular weight excluding hydrogens is 1630 g/mol. The summed E-state index contributed by atoms with van der Waals surface area (Å²) in [6, 6.07) is -13.6. The zero-order valence-electron chi connectivity index (χ0n) is 76.7. The summed E-state index contributed by atoms with van der Waals surface area (Å²) in [5, 5.41) is 61.5. The Balaban J connectivity index is 2.45. The highest BCUT2D eigenvalue weighted by atomic mass is 16.4. The molecule has 1 heterocycles. The van der Waals surface area contributed by atoms with Crippen molar-refractivity contribution in [3.8, 4) is 0 Å². The summed E-state index contributed by atoms with van der Waals surface area (Å²) in [4.78, 5) is 228. The first-order chi connectivity index (χ1) is 59.3. The predicted molar refractivity (Wildman–Crippen MR) is 478 cm³/mol. The van der Waals surface area contributed by atoms with Gasteiger partial charge in [-0.1, -0.05) is 87.4 Å². The minimum absolute atomic E-state index is 0.000388. The first-order valence-electron chi connectivity index (χ1n) is 44.6. The van der Waals surface area contributed by atoms with Crippen molar-refractivity contribution in [2.24, 2.45) is 64.0 Å². The van der Waals surface area contributed by atoms with E-state index in [9.17, 15) is 86.9 Å². The van der Waals surface area contributed by atoms with Crippen LogP contribution in [0, 0.1) is 29.6 Å². The number of hydrogen-bond donors (Lipinski definition) is 24. The van der Waals surface area contributed by atoms with Crippen LogP contribution in [0.4, 0.5) is 0 Å². The molecule has 714 valence electrons. The van der Waals surface area contributed by atoms with Crippen molar-refractivity contribution in [2.75, 3.05) is 32.7 Å². The summed E-state index contributed by atoms with van der Waals surface area (Å²) in [5.41, 5.74) is 36.4. The van der Waals surface area contributed by atoms with Crippen LogP contribution < -0.4 is 114 Å². The van der Waals surface area contributed by atoms with Gasteiger partial charge in [0.15, 0.2) is 0 Å². The molecule has 0 spiro atoms. The third kappa shape index (κ3) is 41.6. The fraction of sp³-hybridized carbons (Fsp3) is 0.721. The van der Waals surface area contributed by atoms with Crippen molar-refractivity contribution in [3.05, 3.63) is 36.0 Å². The number of carbonyl (C=O) groups excluding carboxylic acids is 15. The summed E-state index contributed by atoms with van der Waals surface area (Å²) < 4.78 is 0. The molecule has 1 aromatic carbocycles. The number of fused-ring (bicyclic) bond motifs is 1. The van der Waals surface area contributed by atoms with E-state index < -0.39 is 203 Å². The average Bonchev–Trinajstić information content (AvgIpc) is 1.54. The Morgan fingerprint density at radius 3 is 0.897 bits per heavy atom. The lowest BCUT2D eigenvalue weighted by Crippen LogP contribution is -2.62. The fourth-order valence-electron chi connectivity index (χ4n) is 13.7. The number of nitrogens with two attached hydrogens (primary N) is 6. The molecule has 0 radical (unpaired) electrons. The summed E-state index contributed by atoms with van der Waals surface area (Å²) in [7, 11) is 0. The summed E-state index contributed by atoms with van der Waals surface area (Å²) in [6.07, 6.45) is 4.19. The van der Waals surface area contributed by atoms with Gasteiger partial charge in [0.1, 0.15) is 90.6 Å². The van der Waals surface area contributed by atoms with Crippen LogP contribution in [0.5, 0.6) is 0 Å². The van der Waals surface area contributed by atoms with E-state index in [1.807, 2.05) is 38.1 Å². The Kier molecular flexibility index (Phi) is 52.6. The molecule has 2 rings (SSSR count). The topological polar surface area (TPSA) is 666 Å². The van der Waals surface area contributed by atoms with Crippen molar-refractivity contribution < 1.29 is 86.9 Å². The second kappa shape index (κ2) is 59.1. The largest absolute Gasteiger partial charge is 0.480 e. The van der Waals surface area contributed by atoms with Gasteiger partial charge in [0.2, 0.25) is 88.6 Å². The fourth-order valence-corrected chi connectivity index (χ4v) is 13.7. The number of aromatic nitrogens is 1. The minimum Gasteiger partial charge on any atom is -0.480 e. The van der Waals surface area contributed by atoms with Gasteiger partial charge in [-0.3, -0.25) is 71.9 Å². The summed E-state index contributed by atoms with van der Waals surface area (Å²) >= 11 is 0. The second-order valence-corrected chi connectivity index (χ2v) is 34.9. The van der Waals surface area contributed by atoms with Crippen molar-refractivity contribution in [3.63, 3.8) is 0 Å². The van der Waals surface area contributed by atoms with Crippen LogP contribution in [0.2, 0.25) is 0 Å². The van der Waals surface area contributed by atoms with Gasteiger partial charge in [0, 0.05) is 23.5 Å². The van der Waals surface area contributed by atoms with E-state index in [-0.39, 0.29) is 114 Å². The first kappa shape index (κ1) is 112. The summed E-state index contributed by atoms with van der Waals surface area (Å²) in [6.45, 7) is 25.5. The molecule has 40 nitrogen and oxygen atoms in total. The molecule has 0 fully saturated rings. The third-order valence-electron chi connectivity index (χ3n) is 21.0. The molecule has 1 aromatic heterocycles. The lowest BCUT2D eigenvalue weighted by atomic mass is 9.98. The number of carbonyl (C=O) groups is 16. The smallest absolute Gasteiger partial charge is 0.326 e. The minimum atomic E-state index is -1.75. The monoisotopic (exact) mass is 1780 g/mol. The van der Waals surface area contributed by atoms with Crippen LogP contribution >= 0.6 is 0 Å². The highest BCUT2D eigenvalue weighted by Gasteiger charge is 2.40. The molecule has 0 unspecified atom stereocenters. The molecule has 0 aliphatic rings. The maximum atomic E-state index is 14.8. The van der Waals surface area contributed by atoms with Gasteiger partial charge in [-0.25, -0.2) is 4.79 Å². The molecule has 0 aliphatic heterocycles. The number of amides is 15. The maximum Gasteiger partial charge on any atom is 0.326 e. The number of carboxylic acid groups (broad SMARTS) is 1. The molecule has 40 heteroatoms. The number of H-pyrrole nitrogens is 1. The number of aliphatic carboxylic acids is 1. The third-order valence-corrected chi connectivity index (χ3v) is 21.0. The van der Waals surface area contributed by atoms with E-state index in [2.05, 4.69) is 84.7 Å². The highest BCUT2D eigenvalue weighted by molar-refractivity contribution is 6.01. The zero-order valence-corrected chi connectivity index (χ0v) is 76.7. The Bertz CT molecular complexity index is 3800. The van der Waals surface area contributed by atoms with Crippen molar-refractivity contribution in [1.82, 2.24) is 84.7 Å². The van der Waals surface area contributed by atoms with Crippen molar-refractivity contribution in [1.29, 1.82) is 0 Å². The summed E-state index contributed by atoms with van der Waals surface area (Å²) in [5.74, 6) is -15.0. The molecule has 0 saturated carbocycles. The number of para-hydroxylation sites is 1. The van der Waals surface area contributed by atoms with Gasteiger partial charge in [0.05, 0.1) is 12.1 Å². The molecule has 17 atom stereocenters. The van der Waals surface area contributed by atoms with E-state index in [0.29, 0.717) is 76.3 Å². The number of aliphatic hydroxyl groups is 1. The lowest BCUT2D eigenvalue weighted by Gasteiger charge is -2.30. The maximum absolute atomic E-state index is 14.8. The zero-order chi connectivity index (χ0) is 95.2. The molecule has 0 bridgehead atoms. The van der Waals surface area contributed by atoms with Crippen LogP contribution in [0.3, 0.4) is 0 Å². The second-order valence-electron chi connectivity index (χ2n) is 34.9. The van der Waals surface area contributed by atoms with Crippen molar-refractivity contribution >= 4 is 105 Å². The van der Waals surface area contributed by atoms with Gasteiger partial charge in [0.25, 0.3) is 0 Å². The number of unbranched alkanes of at least 4 members (excludes halogenated alkanes) is 5. The van der Waals surface area contributed by atoms with Gasteiger partial charge in [-0.2, -0.15) is 0 Å². The normalized spacial score (nSPS) is 15.6. The Labute approximate surface area is 741 Å². The Morgan fingerprint density at radius 2 is 0.571 bits per heavy atom. The van der Waals surface area contributed by atoms with Crippen LogP contribution in [-0.4, -0.2) is 245 Å². The number of hydrogen-bond acceptors (Lipinski definition) is 23. The van der Waals surface area contributed by atoms with Gasteiger partial charge < -0.3 is 129 Å². The van der Waals surface area contributed by atoms with Crippen LogP contribution in [-0.2, 0) is 83.1 Å². The quantitative estimate of drug-likeness (QED) is 0.0330. The molecule has 0 saturated heterocycles. The van der Waals surface area contributed by atoms with E-state index in [1.165, 1.54) is 34.6 Å². The number of benzene rings is 1. The SMILES string of the molecule is CC(C)C[C@H](NC(=O)[C@H](Cc1c[nH]c2ccccc12)NC(=O)[C@H](C)N)C(=O)N[C@@H](CCCCN)C(=O)N[C@H](C(=O)N[C@@H](CC(C)C)C(=O)N[C@@H](CC(C)C)C(=O)N[C@@H](CCCCN)C(=O)N[C@@H](CCCCN)C(=O)N[C@H](C(=O)N[C@@H](CC(C)C)C(=O)N[C@@H](CCCCN)C(=O)N[C@@H](C)C(=O)N[C@@H](C)C(=O)N[C@@H](C)C(=O)N[C@@H](CCCCN)C(=O)O)C(C)C)[C@@H](C)O. The molecule has 15 amide bonds. The molecule has 126 heavy (non-hydrogen) atoms. The molecule has 30 N–H and O–H groups in total. The highest BCUT2D eigenvalue weighted by Crippen LogP contribution is 2.22. The first-order valence-corrected chi connectivity index (χ1v) is 44.6. The van der Waals surface area contributed by atoms with E-state index >= 15 is 0 Å². The van der Waals surface area contributed by atoms with Crippen LogP contribution in [0.15, 0.2) is 30.5 Å². The average molecular weight is 1780 g/mol. The van der Waals surface area contributed by atoms with Crippen molar-refractivity contribution in [2.45, 2.75) is 335 Å². The van der Waals surface area contributed by atoms with Crippen LogP contribution in [0.25, 0.3) is 10.9 Å². The van der Waals surface area contributed by atoms with Gasteiger partial charge in [-0.15, -0.1) is 0 Å². The standard InChI is InChI=1S/C86H152N22O18/c1-46(2)40-64(103-82(121)67(43-49(7)8)106-85(124)70(55(15)109)108-78(117)62(33-21-26-38-90)100-80(119)65(41-47(3)4)104-83(122)68(102-71(110)51(11)92)44-56-45-93-58-29-17-16-28-57(56)58)79(118)99-60(31-19-24-36-88)76(115)97-61(32-20-25-37-89)77(116)107-69(50(9)10)84(123)105-66(42-48(5)6)81(120)98-59(30-18-23-35-87)75(114)96-53(13)73(112)94-52(12)72(111)95-54(14)74(113)101-63(86(125)126)34-22-27-39-91/h16-17,28-29,45-55,59-70,93,109H,18-27,30-44,87-92H2,1-15H3,(H,94,112)(H,95,111)(H,96,114)(H,97,115)(H,98,120)(H,99,118)(H,100,119)(H,101,113)(H,102,110)(H,103,121)(H,104,122)(H,105,123)(H,106,124)(H,107,116)(H,108,117)(H,125,126)/t51-,52-,53-,54-,55+,59-,60-,61-,62-,63-,64-,65-,66-,67-,68-,69-,70-/m0/s1. The van der Waals surface area contributed by atoms with Gasteiger partial charge >= 0.3 is 5.97 Å². The number of carboxylic acids is 1. The Morgan fingerprint density at radius 1 is 0.310 bits per heavy atom. The number of aromatic amines is 1. The Hall–Kier alpha value is -10.00. The van der Waals surface area contributed by atoms with E-state index in [1.54, 1.807) is 61.6 Å². The van der Waals surface area contributed by atoms with E-state index in [4.69, 9.17) is 34.4 Å². The predicted octanol–water partition coefficient (Wildman–Crippen LogP) is -1.66. The number of nitrogens with one attached hydrogen (secondary N) is 16. The number of aliphatic hydroxyl groups excluding tert-OH is 1. The lowest BCUT2D eigenvalue weighted by molar-refractivity contribution is -0.142. The molecular formula is C86H152N22O18.